The lowest BCUT2D eigenvalue weighted by Crippen LogP contribution is -2.29. The van der Waals surface area contributed by atoms with E-state index in [0.717, 1.165) is 24.9 Å². The van der Waals surface area contributed by atoms with Gasteiger partial charge in [-0.2, -0.15) is 0 Å². The van der Waals surface area contributed by atoms with E-state index in [1.807, 2.05) is 4.90 Å². The van der Waals surface area contributed by atoms with E-state index in [4.69, 9.17) is 0 Å². The van der Waals surface area contributed by atoms with Crippen molar-refractivity contribution in [2.75, 3.05) is 25.5 Å². The van der Waals surface area contributed by atoms with E-state index in [1.165, 1.54) is 30.6 Å². The number of aromatic nitrogens is 2. The Kier molecular flexibility index (Phi) is 2.74. The van der Waals surface area contributed by atoms with E-state index in [9.17, 15) is 4.79 Å². The highest BCUT2D eigenvalue weighted by atomic mass is 32.1. The second-order valence-electron chi connectivity index (χ2n) is 4.82. The quantitative estimate of drug-likeness (QED) is 0.865. The molecule has 92 valence electrons. The topological polar surface area (TPSA) is 58.1 Å². The first-order valence-corrected chi connectivity index (χ1v) is 6.90. The maximum Gasteiger partial charge on any atom is 0.284 e. The zero-order valence-corrected chi connectivity index (χ0v) is 10.7. The summed E-state index contributed by atoms with van der Waals surface area (Å²) in [4.78, 5) is 14.2. The minimum atomic E-state index is 0.0541. The van der Waals surface area contributed by atoms with Crippen LogP contribution < -0.4 is 5.32 Å². The molecule has 0 radical (unpaired) electrons. The first kappa shape index (κ1) is 11.0. The Hall–Kier alpha value is -1.17. The highest BCUT2D eigenvalue weighted by molar-refractivity contribution is 7.17. The maximum atomic E-state index is 12.2. The fourth-order valence-electron chi connectivity index (χ4n) is 2.95. The van der Waals surface area contributed by atoms with Gasteiger partial charge in [-0.3, -0.25) is 4.79 Å². The van der Waals surface area contributed by atoms with Gasteiger partial charge in [0, 0.05) is 20.1 Å². The molecule has 3 rings (SSSR count). The summed E-state index contributed by atoms with van der Waals surface area (Å²) in [6.07, 6.45) is 3.90. The largest absolute Gasteiger partial charge is 0.363 e. The van der Waals surface area contributed by atoms with Gasteiger partial charge >= 0.3 is 0 Å². The van der Waals surface area contributed by atoms with Gasteiger partial charge in [0.25, 0.3) is 5.91 Å². The number of carbonyl (C=O) groups excluding carboxylic acids is 1. The van der Waals surface area contributed by atoms with Crippen molar-refractivity contribution in [2.45, 2.75) is 19.3 Å². The van der Waals surface area contributed by atoms with Crippen LogP contribution in [0.5, 0.6) is 0 Å². The maximum absolute atomic E-state index is 12.2. The molecule has 0 bridgehead atoms. The number of hydrogen-bond donors (Lipinski definition) is 1. The molecule has 2 heterocycles. The van der Waals surface area contributed by atoms with Crippen LogP contribution in [0.2, 0.25) is 0 Å². The Bertz CT molecular complexity index is 421. The summed E-state index contributed by atoms with van der Waals surface area (Å²) in [5, 5.41) is 12.0. The van der Waals surface area contributed by atoms with Crippen molar-refractivity contribution in [3.63, 3.8) is 0 Å². The van der Waals surface area contributed by atoms with Crippen LogP contribution >= 0.6 is 11.3 Å². The van der Waals surface area contributed by atoms with Gasteiger partial charge in [-0.05, 0) is 24.7 Å². The van der Waals surface area contributed by atoms with Crippen molar-refractivity contribution >= 4 is 22.4 Å². The van der Waals surface area contributed by atoms with Gasteiger partial charge < -0.3 is 10.2 Å². The van der Waals surface area contributed by atoms with Gasteiger partial charge in [-0.25, -0.2) is 0 Å². The van der Waals surface area contributed by atoms with E-state index in [-0.39, 0.29) is 5.91 Å². The van der Waals surface area contributed by atoms with Crippen LogP contribution in [-0.2, 0) is 0 Å². The molecular formula is C11H16N4OS. The van der Waals surface area contributed by atoms with Gasteiger partial charge in [-0.1, -0.05) is 17.8 Å². The molecule has 1 aromatic heterocycles. The highest BCUT2D eigenvalue weighted by Crippen LogP contribution is 2.38. The average Bonchev–Trinajstić information content (AvgIpc) is 3.02. The molecule has 2 fully saturated rings. The van der Waals surface area contributed by atoms with Crippen molar-refractivity contribution in [3.8, 4) is 0 Å². The van der Waals surface area contributed by atoms with Gasteiger partial charge in [0.2, 0.25) is 10.1 Å². The second-order valence-corrected chi connectivity index (χ2v) is 5.80. The van der Waals surface area contributed by atoms with Gasteiger partial charge in [0.05, 0.1) is 0 Å². The minimum absolute atomic E-state index is 0.0541. The van der Waals surface area contributed by atoms with Gasteiger partial charge in [0.15, 0.2) is 0 Å². The number of nitrogens with one attached hydrogen (secondary N) is 1. The summed E-state index contributed by atoms with van der Waals surface area (Å²) in [6, 6.07) is 0. The summed E-state index contributed by atoms with van der Waals surface area (Å²) in [7, 11) is 1.79. The zero-order chi connectivity index (χ0) is 11.8. The van der Waals surface area contributed by atoms with Gasteiger partial charge in [-0.15, -0.1) is 10.2 Å². The number of hydrogen-bond acceptors (Lipinski definition) is 5. The summed E-state index contributed by atoms with van der Waals surface area (Å²) in [5.74, 6) is 1.52. The van der Waals surface area contributed by atoms with Crippen LogP contribution in [0.15, 0.2) is 0 Å². The molecule has 17 heavy (non-hydrogen) atoms. The fraction of sp³-hybridized carbons (Fsp3) is 0.727. The van der Waals surface area contributed by atoms with E-state index in [1.54, 1.807) is 7.05 Å². The molecule has 0 aromatic carbocycles. The number of amides is 1. The monoisotopic (exact) mass is 252 g/mol. The van der Waals surface area contributed by atoms with E-state index < -0.39 is 0 Å². The van der Waals surface area contributed by atoms with Crippen LogP contribution in [0.3, 0.4) is 0 Å². The standard InChI is InChI=1S/C11H16N4OS/c1-12-11-14-13-9(17-11)10(16)15-5-7-3-2-4-8(7)6-15/h7-8H,2-6H2,1H3,(H,12,14). The summed E-state index contributed by atoms with van der Waals surface area (Å²) < 4.78 is 0. The average molecular weight is 252 g/mol. The van der Waals surface area contributed by atoms with Crippen molar-refractivity contribution in [1.82, 2.24) is 15.1 Å². The Morgan fingerprint density at radius 2 is 2.06 bits per heavy atom. The van der Waals surface area contributed by atoms with E-state index in [0.29, 0.717) is 10.1 Å². The smallest absolute Gasteiger partial charge is 0.284 e. The van der Waals surface area contributed by atoms with Crippen LogP contribution in [0.1, 0.15) is 29.1 Å². The van der Waals surface area contributed by atoms with Gasteiger partial charge in [0.1, 0.15) is 0 Å². The summed E-state index contributed by atoms with van der Waals surface area (Å²) >= 11 is 1.33. The molecule has 5 nitrogen and oxygen atoms in total. The molecule has 1 aliphatic heterocycles. The summed E-state index contributed by atoms with van der Waals surface area (Å²) in [6.45, 7) is 1.83. The molecule has 1 saturated carbocycles. The molecule has 1 amide bonds. The lowest BCUT2D eigenvalue weighted by molar-refractivity contribution is 0.0779. The number of likely N-dealkylation sites (tertiary alicyclic amines) is 1. The first-order chi connectivity index (χ1) is 8.28. The lowest BCUT2D eigenvalue weighted by Gasteiger charge is -2.14. The molecule has 1 N–H and O–H groups in total. The van der Waals surface area contributed by atoms with Crippen LogP contribution in [0, 0.1) is 11.8 Å². The molecule has 2 aliphatic rings. The molecule has 2 unspecified atom stereocenters. The summed E-state index contributed by atoms with van der Waals surface area (Å²) in [5.41, 5.74) is 0. The van der Waals surface area contributed by atoms with Crippen LogP contribution in [0.4, 0.5) is 5.13 Å². The Labute approximate surface area is 104 Å². The molecule has 1 aliphatic carbocycles. The Morgan fingerprint density at radius 3 is 2.65 bits per heavy atom. The fourth-order valence-corrected chi connectivity index (χ4v) is 3.61. The van der Waals surface area contributed by atoms with Crippen molar-refractivity contribution in [1.29, 1.82) is 0 Å². The van der Waals surface area contributed by atoms with Crippen molar-refractivity contribution < 1.29 is 4.79 Å². The Balaban J connectivity index is 1.70. The molecule has 1 saturated heterocycles. The third-order valence-corrected chi connectivity index (χ3v) is 4.76. The molecular weight excluding hydrogens is 236 g/mol. The number of nitrogens with zero attached hydrogens (tertiary/aromatic N) is 3. The van der Waals surface area contributed by atoms with Crippen LogP contribution in [-0.4, -0.2) is 41.1 Å². The third kappa shape index (κ3) is 1.90. The first-order valence-electron chi connectivity index (χ1n) is 6.08. The lowest BCUT2D eigenvalue weighted by atomic mass is 10.0. The predicted octanol–water partition coefficient (Wildman–Crippen LogP) is 1.45. The SMILES string of the molecule is CNc1nnc(C(=O)N2CC3CCCC3C2)s1. The number of rotatable bonds is 2. The Morgan fingerprint density at radius 1 is 1.35 bits per heavy atom. The number of anilines is 1. The zero-order valence-electron chi connectivity index (χ0n) is 9.85. The normalized spacial score (nSPS) is 27.2. The van der Waals surface area contributed by atoms with Crippen LogP contribution in [0.25, 0.3) is 0 Å². The number of fused-ring (bicyclic) bond motifs is 1. The third-order valence-electron chi connectivity index (χ3n) is 3.84. The molecule has 6 heteroatoms. The van der Waals surface area contributed by atoms with E-state index in [2.05, 4.69) is 15.5 Å². The molecule has 2 atom stereocenters. The predicted molar refractivity (Wildman–Crippen MR) is 66.2 cm³/mol. The molecule has 0 spiro atoms. The molecule has 1 aromatic rings. The second kappa shape index (κ2) is 4.25. The number of carbonyl (C=O) groups is 1. The minimum Gasteiger partial charge on any atom is -0.363 e. The highest BCUT2D eigenvalue weighted by Gasteiger charge is 2.38. The van der Waals surface area contributed by atoms with Crippen molar-refractivity contribution in [2.24, 2.45) is 11.8 Å². The van der Waals surface area contributed by atoms with Crippen molar-refractivity contribution in [3.05, 3.63) is 5.01 Å². The van der Waals surface area contributed by atoms with E-state index >= 15 is 0 Å².